The van der Waals surface area contributed by atoms with Crippen molar-refractivity contribution in [2.75, 3.05) is 0 Å². The zero-order valence-electron chi connectivity index (χ0n) is 12.7. The average molecular weight is 314 g/mol. The Bertz CT molecular complexity index is 831. The molecule has 0 fully saturated rings. The van der Waals surface area contributed by atoms with Crippen molar-refractivity contribution in [3.8, 4) is 5.69 Å². The first-order valence-electron chi connectivity index (χ1n) is 6.91. The van der Waals surface area contributed by atoms with Gasteiger partial charge in [-0.3, -0.25) is 0 Å². The SMILES string of the molecule is Cc1c(Cl)cccc1-n1c(C)cc(/C=N/n2cnnc2)c1C. The number of hydrogen-bond donors (Lipinski definition) is 0. The van der Waals surface area contributed by atoms with Crippen molar-refractivity contribution < 1.29 is 0 Å². The van der Waals surface area contributed by atoms with Crippen LogP contribution in [0, 0.1) is 20.8 Å². The number of benzene rings is 1. The fraction of sp³-hybridized carbons (Fsp3) is 0.188. The summed E-state index contributed by atoms with van der Waals surface area (Å²) < 4.78 is 3.76. The lowest BCUT2D eigenvalue weighted by Gasteiger charge is -2.13. The maximum absolute atomic E-state index is 6.25. The minimum Gasteiger partial charge on any atom is -0.318 e. The monoisotopic (exact) mass is 313 g/mol. The van der Waals surface area contributed by atoms with Crippen molar-refractivity contribution in [2.24, 2.45) is 5.10 Å². The smallest absolute Gasteiger partial charge is 0.141 e. The Morgan fingerprint density at radius 3 is 2.59 bits per heavy atom. The average Bonchev–Trinajstić information content (AvgIpc) is 3.09. The van der Waals surface area contributed by atoms with Crippen LogP contribution in [0.3, 0.4) is 0 Å². The van der Waals surface area contributed by atoms with Crippen LogP contribution in [-0.2, 0) is 0 Å². The van der Waals surface area contributed by atoms with Gasteiger partial charge in [0.1, 0.15) is 12.7 Å². The lowest BCUT2D eigenvalue weighted by Crippen LogP contribution is -2.02. The van der Waals surface area contributed by atoms with Gasteiger partial charge in [-0.05, 0) is 44.5 Å². The number of halogens is 1. The zero-order valence-corrected chi connectivity index (χ0v) is 13.4. The lowest BCUT2D eigenvalue weighted by atomic mass is 10.2. The summed E-state index contributed by atoms with van der Waals surface area (Å²) in [5, 5.41) is 12.5. The number of aromatic nitrogens is 4. The Morgan fingerprint density at radius 1 is 1.14 bits per heavy atom. The molecule has 0 N–H and O–H groups in total. The molecule has 6 heteroatoms. The van der Waals surface area contributed by atoms with Crippen molar-refractivity contribution in [3.63, 3.8) is 0 Å². The summed E-state index contributed by atoms with van der Waals surface area (Å²) in [4.78, 5) is 0. The molecular weight excluding hydrogens is 298 g/mol. The third-order valence-corrected chi connectivity index (χ3v) is 4.10. The van der Waals surface area contributed by atoms with Crippen LogP contribution in [-0.4, -0.2) is 25.7 Å². The molecular formula is C16H16ClN5. The van der Waals surface area contributed by atoms with E-state index in [9.17, 15) is 0 Å². The molecule has 5 nitrogen and oxygen atoms in total. The highest BCUT2D eigenvalue weighted by Gasteiger charge is 2.12. The Kier molecular flexibility index (Phi) is 3.81. The van der Waals surface area contributed by atoms with E-state index < -0.39 is 0 Å². The maximum Gasteiger partial charge on any atom is 0.141 e. The summed E-state index contributed by atoms with van der Waals surface area (Å²) in [6.07, 6.45) is 4.91. The van der Waals surface area contributed by atoms with Gasteiger partial charge in [-0.2, -0.15) is 5.10 Å². The molecule has 3 rings (SSSR count). The second kappa shape index (κ2) is 5.77. The highest BCUT2D eigenvalue weighted by atomic mass is 35.5. The minimum atomic E-state index is 0.768. The van der Waals surface area contributed by atoms with E-state index in [1.54, 1.807) is 17.3 Å². The third-order valence-electron chi connectivity index (χ3n) is 3.69. The number of nitrogens with zero attached hydrogens (tertiary/aromatic N) is 5. The summed E-state index contributed by atoms with van der Waals surface area (Å²) in [5.41, 5.74) is 5.44. The second-order valence-electron chi connectivity index (χ2n) is 5.13. The predicted molar refractivity (Wildman–Crippen MR) is 88.0 cm³/mol. The molecule has 0 amide bonds. The molecule has 0 spiro atoms. The van der Waals surface area contributed by atoms with Crippen molar-refractivity contribution in [2.45, 2.75) is 20.8 Å². The molecule has 1 aromatic carbocycles. The van der Waals surface area contributed by atoms with Crippen LogP contribution in [0.25, 0.3) is 5.69 Å². The van der Waals surface area contributed by atoms with E-state index in [1.165, 1.54) is 0 Å². The predicted octanol–water partition coefficient (Wildman–Crippen LogP) is 3.53. The lowest BCUT2D eigenvalue weighted by molar-refractivity contribution is 0.877. The summed E-state index contributed by atoms with van der Waals surface area (Å²) >= 11 is 6.25. The summed E-state index contributed by atoms with van der Waals surface area (Å²) in [7, 11) is 0. The molecule has 0 saturated heterocycles. The van der Waals surface area contributed by atoms with Crippen LogP contribution >= 0.6 is 11.6 Å². The normalized spacial score (nSPS) is 11.5. The number of rotatable bonds is 3. The molecule has 0 aliphatic carbocycles. The Labute approximate surface area is 133 Å². The highest BCUT2D eigenvalue weighted by molar-refractivity contribution is 6.31. The first-order chi connectivity index (χ1) is 10.6. The molecule has 22 heavy (non-hydrogen) atoms. The second-order valence-corrected chi connectivity index (χ2v) is 5.54. The standard InChI is InChI=1S/C16H16ClN5/c1-11-7-14(8-20-21-9-18-19-10-21)13(3)22(11)16-6-4-5-15(17)12(16)2/h4-10H,1-3H3/b20-8+. The van der Waals surface area contributed by atoms with Gasteiger partial charge in [0.2, 0.25) is 0 Å². The van der Waals surface area contributed by atoms with E-state index in [1.807, 2.05) is 25.3 Å². The van der Waals surface area contributed by atoms with Gasteiger partial charge < -0.3 is 4.57 Å². The molecule has 0 bridgehead atoms. The van der Waals surface area contributed by atoms with E-state index in [2.05, 4.69) is 45.8 Å². The first kappa shape index (κ1) is 14.5. The van der Waals surface area contributed by atoms with Crippen LogP contribution < -0.4 is 0 Å². The van der Waals surface area contributed by atoms with Crippen molar-refractivity contribution >= 4 is 17.8 Å². The van der Waals surface area contributed by atoms with Gasteiger partial charge in [0.05, 0.1) is 6.21 Å². The van der Waals surface area contributed by atoms with Crippen LogP contribution in [0.1, 0.15) is 22.5 Å². The van der Waals surface area contributed by atoms with E-state index in [-0.39, 0.29) is 0 Å². The fourth-order valence-electron chi connectivity index (χ4n) is 2.51. The molecule has 0 atom stereocenters. The molecule has 0 saturated carbocycles. The van der Waals surface area contributed by atoms with Crippen molar-refractivity contribution in [1.29, 1.82) is 0 Å². The van der Waals surface area contributed by atoms with Crippen molar-refractivity contribution in [3.05, 3.63) is 64.5 Å². The van der Waals surface area contributed by atoms with Crippen LogP contribution in [0.2, 0.25) is 5.02 Å². The molecule has 0 radical (unpaired) electrons. The quantitative estimate of drug-likeness (QED) is 0.694. The Morgan fingerprint density at radius 2 is 1.86 bits per heavy atom. The van der Waals surface area contributed by atoms with Gasteiger partial charge in [-0.25, -0.2) is 4.68 Å². The van der Waals surface area contributed by atoms with Gasteiger partial charge in [-0.15, -0.1) is 10.2 Å². The zero-order chi connectivity index (χ0) is 15.7. The van der Waals surface area contributed by atoms with Gasteiger partial charge in [0, 0.05) is 27.7 Å². The van der Waals surface area contributed by atoms with Crippen LogP contribution in [0.15, 0.2) is 42.0 Å². The molecule has 0 aliphatic rings. The van der Waals surface area contributed by atoms with Gasteiger partial charge in [0.15, 0.2) is 0 Å². The third kappa shape index (κ3) is 2.55. The van der Waals surface area contributed by atoms with Gasteiger partial charge in [0.25, 0.3) is 0 Å². The Balaban J connectivity index is 2.05. The molecule has 2 heterocycles. The highest BCUT2D eigenvalue weighted by Crippen LogP contribution is 2.26. The van der Waals surface area contributed by atoms with E-state index >= 15 is 0 Å². The summed E-state index contributed by atoms with van der Waals surface area (Å²) in [6.45, 7) is 6.17. The van der Waals surface area contributed by atoms with Gasteiger partial charge >= 0.3 is 0 Å². The topological polar surface area (TPSA) is 48.0 Å². The van der Waals surface area contributed by atoms with E-state index in [0.29, 0.717) is 0 Å². The minimum absolute atomic E-state index is 0.768. The maximum atomic E-state index is 6.25. The Hall–Kier alpha value is -2.40. The van der Waals surface area contributed by atoms with E-state index in [0.717, 1.165) is 33.2 Å². The molecule has 0 unspecified atom stereocenters. The van der Waals surface area contributed by atoms with Gasteiger partial charge in [-0.1, -0.05) is 17.7 Å². The fourth-order valence-corrected chi connectivity index (χ4v) is 2.68. The largest absolute Gasteiger partial charge is 0.318 e. The van der Waals surface area contributed by atoms with Crippen LogP contribution in [0.5, 0.6) is 0 Å². The number of hydrogen-bond acceptors (Lipinski definition) is 3. The molecule has 112 valence electrons. The first-order valence-corrected chi connectivity index (χ1v) is 7.29. The summed E-state index contributed by atoms with van der Waals surface area (Å²) in [5.74, 6) is 0. The van der Waals surface area contributed by atoms with Crippen molar-refractivity contribution in [1.82, 2.24) is 19.4 Å². The van der Waals surface area contributed by atoms with Crippen LogP contribution in [0.4, 0.5) is 0 Å². The van der Waals surface area contributed by atoms with E-state index in [4.69, 9.17) is 11.6 Å². The summed E-state index contributed by atoms with van der Waals surface area (Å²) in [6, 6.07) is 8.04. The molecule has 3 aromatic rings. The molecule has 2 aromatic heterocycles. The number of aryl methyl sites for hydroxylation is 1. The molecule has 0 aliphatic heterocycles.